The van der Waals surface area contributed by atoms with Crippen molar-refractivity contribution in [3.8, 4) is 11.3 Å². The van der Waals surface area contributed by atoms with E-state index in [1.165, 1.54) is 29.5 Å². The van der Waals surface area contributed by atoms with Gasteiger partial charge in [0.25, 0.3) is 0 Å². The fourth-order valence-electron chi connectivity index (χ4n) is 3.10. The summed E-state index contributed by atoms with van der Waals surface area (Å²) in [5, 5.41) is 8.75. The molecule has 1 aliphatic rings. The Morgan fingerprint density at radius 1 is 1.43 bits per heavy atom. The van der Waals surface area contributed by atoms with E-state index in [2.05, 4.69) is 35.6 Å². The van der Waals surface area contributed by atoms with Gasteiger partial charge in [0, 0.05) is 17.7 Å². The summed E-state index contributed by atoms with van der Waals surface area (Å²) in [5.41, 5.74) is 4.07. The molecule has 1 aromatic heterocycles. The highest BCUT2D eigenvalue weighted by atomic mass is 32.2. The SMILES string of the molecule is CCCNC1CCCc2cccc(-c3cc(SC)no3)c21. The van der Waals surface area contributed by atoms with E-state index in [1.54, 1.807) is 11.8 Å². The molecule has 112 valence electrons. The lowest BCUT2D eigenvalue weighted by atomic mass is 9.84. The quantitative estimate of drug-likeness (QED) is 0.829. The summed E-state index contributed by atoms with van der Waals surface area (Å²) in [6.45, 7) is 3.27. The predicted octanol–water partition coefficient (Wildman–Crippen LogP) is 4.44. The number of aromatic nitrogens is 1. The summed E-state index contributed by atoms with van der Waals surface area (Å²) in [4.78, 5) is 0. The highest BCUT2D eigenvalue weighted by Crippen LogP contribution is 2.38. The van der Waals surface area contributed by atoms with Crippen molar-refractivity contribution in [1.29, 1.82) is 0 Å². The number of benzene rings is 1. The third kappa shape index (κ3) is 3.01. The number of thioether (sulfide) groups is 1. The average molecular weight is 302 g/mol. The molecule has 21 heavy (non-hydrogen) atoms. The number of nitrogens with one attached hydrogen (secondary N) is 1. The summed E-state index contributed by atoms with van der Waals surface area (Å²) in [7, 11) is 0. The second-order valence-electron chi connectivity index (χ2n) is 5.51. The number of fused-ring (bicyclic) bond motifs is 1. The summed E-state index contributed by atoms with van der Waals surface area (Å²) in [6, 6.07) is 9.04. The van der Waals surface area contributed by atoms with Gasteiger partial charge in [-0.05, 0) is 49.6 Å². The maximum atomic E-state index is 5.56. The molecule has 0 saturated heterocycles. The molecule has 1 N–H and O–H groups in total. The normalized spacial score (nSPS) is 17.7. The number of hydrogen-bond donors (Lipinski definition) is 1. The minimum Gasteiger partial charge on any atom is -0.355 e. The van der Waals surface area contributed by atoms with E-state index in [0.29, 0.717) is 6.04 Å². The second kappa shape index (κ2) is 6.67. The standard InChI is InChI=1S/C17H22N2OS/c1-3-10-18-14-9-5-7-12-6-4-8-13(17(12)14)15-11-16(21-2)19-20-15/h4,6,8,11,14,18H,3,5,7,9-10H2,1-2H3. The molecule has 1 aliphatic carbocycles. The molecule has 3 rings (SSSR count). The Morgan fingerprint density at radius 3 is 3.10 bits per heavy atom. The first-order chi connectivity index (χ1) is 10.3. The average Bonchev–Trinajstić information content (AvgIpc) is 3.01. The van der Waals surface area contributed by atoms with E-state index < -0.39 is 0 Å². The fourth-order valence-corrected chi connectivity index (χ4v) is 3.44. The van der Waals surface area contributed by atoms with Crippen LogP contribution in [0.25, 0.3) is 11.3 Å². The molecule has 1 atom stereocenters. The van der Waals surface area contributed by atoms with Gasteiger partial charge in [-0.15, -0.1) is 11.8 Å². The van der Waals surface area contributed by atoms with Gasteiger partial charge in [0.2, 0.25) is 0 Å². The van der Waals surface area contributed by atoms with Crippen LogP contribution in [0.4, 0.5) is 0 Å². The van der Waals surface area contributed by atoms with Gasteiger partial charge in [-0.2, -0.15) is 0 Å². The zero-order valence-electron chi connectivity index (χ0n) is 12.7. The van der Waals surface area contributed by atoms with Gasteiger partial charge in [-0.3, -0.25) is 0 Å². The Hall–Kier alpha value is -1.26. The van der Waals surface area contributed by atoms with Crippen LogP contribution in [0.2, 0.25) is 0 Å². The summed E-state index contributed by atoms with van der Waals surface area (Å²) < 4.78 is 5.56. The van der Waals surface area contributed by atoms with E-state index >= 15 is 0 Å². The van der Waals surface area contributed by atoms with Crippen molar-refractivity contribution < 1.29 is 4.52 Å². The molecule has 1 aromatic carbocycles. The minimum atomic E-state index is 0.438. The maximum Gasteiger partial charge on any atom is 0.168 e. The van der Waals surface area contributed by atoms with Gasteiger partial charge in [0.1, 0.15) is 5.03 Å². The lowest BCUT2D eigenvalue weighted by molar-refractivity contribution is 0.412. The summed E-state index contributed by atoms with van der Waals surface area (Å²) in [5.74, 6) is 0.890. The van der Waals surface area contributed by atoms with Gasteiger partial charge in [-0.1, -0.05) is 30.3 Å². The van der Waals surface area contributed by atoms with Gasteiger partial charge in [-0.25, -0.2) is 0 Å². The van der Waals surface area contributed by atoms with Gasteiger partial charge in [0.05, 0.1) is 0 Å². The molecule has 0 bridgehead atoms. The van der Waals surface area contributed by atoms with Crippen LogP contribution in [-0.2, 0) is 6.42 Å². The predicted molar refractivity (Wildman–Crippen MR) is 87.7 cm³/mol. The van der Waals surface area contributed by atoms with Crippen molar-refractivity contribution in [2.45, 2.75) is 43.7 Å². The topological polar surface area (TPSA) is 38.1 Å². The van der Waals surface area contributed by atoms with E-state index in [1.807, 2.05) is 12.3 Å². The summed E-state index contributed by atoms with van der Waals surface area (Å²) >= 11 is 1.62. The minimum absolute atomic E-state index is 0.438. The molecule has 0 spiro atoms. The molecule has 0 aliphatic heterocycles. The third-order valence-electron chi connectivity index (χ3n) is 4.09. The second-order valence-corrected chi connectivity index (χ2v) is 6.34. The van der Waals surface area contributed by atoms with Crippen molar-refractivity contribution in [2.24, 2.45) is 0 Å². The fraction of sp³-hybridized carbons (Fsp3) is 0.471. The monoisotopic (exact) mass is 302 g/mol. The van der Waals surface area contributed by atoms with Crippen LogP contribution in [0.3, 0.4) is 0 Å². The zero-order valence-corrected chi connectivity index (χ0v) is 13.5. The van der Waals surface area contributed by atoms with Crippen LogP contribution in [0.15, 0.2) is 33.8 Å². The number of hydrogen-bond acceptors (Lipinski definition) is 4. The van der Waals surface area contributed by atoms with E-state index in [9.17, 15) is 0 Å². The highest BCUT2D eigenvalue weighted by molar-refractivity contribution is 7.98. The Bertz CT molecular complexity index is 609. The van der Waals surface area contributed by atoms with Crippen LogP contribution in [0.1, 0.15) is 43.4 Å². The van der Waals surface area contributed by atoms with Gasteiger partial charge in [0.15, 0.2) is 5.76 Å². The Kier molecular flexibility index (Phi) is 4.66. The summed E-state index contributed by atoms with van der Waals surface area (Å²) in [6.07, 6.45) is 6.80. The number of nitrogens with zero attached hydrogens (tertiary/aromatic N) is 1. The van der Waals surface area contributed by atoms with Gasteiger partial charge < -0.3 is 9.84 Å². The molecule has 1 unspecified atom stereocenters. The van der Waals surface area contributed by atoms with E-state index in [0.717, 1.165) is 30.2 Å². The van der Waals surface area contributed by atoms with Crippen LogP contribution >= 0.6 is 11.8 Å². The first-order valence-corrected chi connectivity index (χ1v) is 8.92. The van der Waals surface area contributed by atoms with Crippen molar-refractivity contribution >= 4 is 11.8 Å². The number of rotatable bonds is 5. The molecule has 0 fully saturated rings. The van der Waals surface area contributed by atoms with Crippen LogP contribution < -0.4 is 5.32 Å². The Balaban J connectivity index is 2.01. The van der Waals surface area contributed by atoms with E-state index in [-0.39, 0.29) is 0 Å². The molecule has 1 heterocycles. The van der Waals surface area contributed by atoms with Crippen LogP contribution in [0.5, 0.6) is 0 Å². The molecule has 3 nitrogen and oxygen atoms in total. The van der Waals surface area contributed by atoms with Gasteiger partial charge >= 0.3 is 0 Å². The third-order valence-corrected chi connectivity index (χ3v) is 4.70. The highest BCUT2D eigenvalue weighted by Gasteiger charge is 2.24. The Labute approximate surface area is 130 Å². The molecular formula is C17H22N2OS. The smallest absolute Gasteiger partial charge is 0.168 e. The van der Waals surface area contributed by atoms with Crippen molar-refractivity contribution in [1.82, 2.24) is 10.5 Å². The first-order valence-electron chi connectivity index (χ1n) is 7.69. The largest absolute Gasteiger partial charge is 0.355 e. The van der Waals surface area contributed by atoms with Crippen LogP contribution in [0, 0.1) is 0 Å². The lowest BCUT2D eigenvalue weighted by Gasteiger charge is -2.28. The van der Waals surface area contributed by atoms with Crippen molar-refractivity contribution in [3.05, 3.63) is 35.4 Å². The van der Waals surface area contributed by atoms with Crippen LogP contribution in [-0.4, -0.2) is 18.0 Å². The Morgan fingerprint density at radius 2 is 2.33 bits per heavy atom. The van der Waals surface area contributed by atoms with E-state index in [4.69, 9.17) is 4.52 Å². The molecule has 2 aromatic rings. The zero-order chi connectivity index (χ0) is 14.7. The van der Waals surface area contributed by atoms with Crippen molar-refractivity contribution in [3.63, 3.8) is 0 Å². The van der Waals surface area contributed by atoms with Crippen molar-refractivity contribution in [2.75, 3.05) is 12.8 Å². The molecule has 0 amide bonds. The molecular weight excluding hydrogens is 280 g/mol. The number of aryl methyl sites for hydroxylation is 1. The molecule has 0 radical (unpaired) electrons. The lowest BCUT2D eigenvalue weighted by Crippen LogP contribution is -2.26. The maximum absolute atomic E-state index is 5.56. The first kappa shape index (κ1) is 14.7. The molecule has 4 heteroatoms. The molecule has 0 saturated carbocycles.